The van der Waals surface area contributed by atoms with Crippen LogP contribution in [0.1, 0.15) is 316 Å². The number of rotatable bonds is 52. The lowest BCUT2D eigenvalue weighted by molar-refractivity contribution is -0.154. The lowest BCUT2D eigenvalue weighted by Crippen LogP contribution is -2.27. The van der Waals surface area contributed by atoms with Gasteiger partial charge >= 0.3 is 5.97 Å². The molecular formula is C54H108O4. The minimum atomic E-state index is -0.526. The van der Waals surface area contributed by atoms with Crippen LogP contribution in [-0.2, 0) is 14.3 Å². The molecule has 0 saturated carbocycles. The smallest absolute Gasteiger partial charge is 0.306 e. The van der Waals surface area contributed by atoms with Gasteiger partial charge in [0.05, 0.1) is 13.2 Å². The van der Waals surface area contributed by atoms with Crippen LogP contribution in [0, 0.1) is 0 Å². The zero-order valence-corrected chi connectivity index (χ0v) is 40.1. The molecule has 0 amide bonds. The molecule has 4 heteroatoms. The molecular weight excluding hydrogens is 713 g/mol. The third kappa shape index (κ3) is 49.8. The van der Waals surface area contributed by atoms with Gasteiger partial charge in [-0.1, -0.05) is 296 Å². The van der Waals surface area contributed by atoms with E-state index in [9.17, 15) is 9.90 Å². The van der Waals surface area contributed by atoms with Crippen LogP contribution < -0.4 is 0 Å². The van der Waals surface area contributed by atoms with E-state index < -0.39 is 6.10 Å². The molecule has 0 heterocycles. The average Bonchev–Trinajstić information content (AvgIpc) is 3.23. The molecule has 0 rings (SSSR count). The van der Waals surface area contributed by atoms with Crippen LogP contribution in [0.2, 0.25) is 0 Å². The molecule has 1 N–H and O–H groups in total. The van der Waals surface area contributed by atoms with E-state index in [-0.39, 0.29) is 12.6 Å². The van der Waals surface area contributed by atoms with Crippen molar-refractivity contribution in [3.05, 3.63) is 0 Å². The molecule has 0 radical (unpaired) electrons. The Hall–Kier alpha value is -0.610. The maximum atomic E-state index is 12.3. The molecule has 4 nitrogen and oxygen atoms in total. The van der Waals surface area contributed by atoms with Gasteiger partial charge in [0, 0.05) is 13.0 Å². The normalized spacial score (nSPS) is 12.1. The zero-order chi connectivity index (χ0) is 41.9. The fourth-order valence-corrected chi connectivity index (χ4v) is 8.63. The van der Waals surface area contributed by atoms with Gasteiger partial charge in [-0.25, -0.2) is 0 Å². The van der Waals surface area contributed by atoms with Gasteiger partial charge in [-0.3, -0.25) is 4.79 Å². The number of carbonyl (C=O) groups is 1. The van der Waals surface area contributed by atoms with Gasteiger partial charge in [-0.05, 0) is 12.8 Å². The number of hydrogen-bond donors (Lipinski definition) is 1. The molecule has 58 heavy (non-hydrogen) atoms. The summed E-state index contributed by atoms with van der Waals surface area (Å²) in [6, 6.07) is 0. The highest BCUT2D eigenvalue weighted by molar-refractivity contribution is 5.69. The molecule has 0 aromatic carbocycles. The summed E-state index contributed by atoms with van der Waals surface area (Å²) in [5.74, 6) is -0.190. The van der Waals surface area contributed by atoms with E-state index in [1.54, 1.807) is 0 Å². The SMILES string of the molecule is CCCCCCCCCCCCCCCCCCCCCCCCCCCCOCC(CO)OC(=O)CCCCCCCCCCCCCCCCCCCCCC. The number of unbranched alkanes of at least 4 members (excludes halogenated alkanes) is 44. The predicted molar refractivity (Wildman–Crippen MR) is 256 cm³/mol. The minimum absolute atomic E-state index is 0.162. The third-order valence-electron chi connectivity index (χ3n) is 12.7. The third-order valence-corrected chi connectivity index (χ3v) is 12.7. The summed E-state index contributed by atoms with van der Waals surface area (Å²) in [6.07, 6.45) is 63.6. The molecule has 0 fully saturated rings. The first-order valence-corrected chi connectivity index (χ1v) is 27.1. The fourth-order valence-electron chi connectivity index (χ4n) is 8.63. The largest absolute Gasteiger partial charge is 0.457 e. The van der Waals surface area contributed by atoms with Gasteiger partial charge in [0.1, 0.15) is 6.10 Å². The van der Waals surface area contributed by atoms with Gasteiger partial charge < -0.3 is 14.6 Å². The average molecular weight is 821 g/mol. The van der Waals surface area contributed by atoms with Crippen molar-refractivity contribution in [1.29, 1.82) is 0 Å². The quantitative estimate of drug-likeness (QED) is 0.0490. The highest BCUT2D eigenvalue weighted by Gasteiger charge is 2.13. The molecule has 1 unspecified atom stereocenters. The number of carbonyl (C=O) groups excluding carboxylic acids is 1. The molecule has 0 bridgehead atoms. The Labute approximate surface area is 365 Å². The number of aliphatic hydroxyl groups is 1. The van der Waals surface area contributed by atoms with E-state index in [0.717, 1.165) is 19.3 Å². The summed E-state index contributed by atoms with van der Waals surface area (Å²) in [4.78, 5) is 12.3. The lowest BCUT2D eigenvalue weighted by Gasteiger charge is -2.16. The van der Waals surface area contributed by atoms with Crippen molar-refractivity contribution >= 4 is 5.97 Å². The van der Waals surface area contributed by atoms with E-state index in [2.05, 4.69) is 13.8 Å². The first-order valence-electron chi connectivity index (χ1n) is 27.1. The van der Waals surface area contributed by atoms with Crippen LogP contribution in [0.5, 0.6) is 0 Å². The Morgan fingerprint density at radius 3 is 0.810 bits per heavy atom. The maximum absolute atomic E-state index is 12.3. The van der Waals surface area contributed by atoms with Crippen LogP contribution in [0.25, 0.3) is 0 Å². The highest BCUT2D eigenvalue weighted by Crippen LogP contribution is 2.18. The number of aliphatic hydroxyl groups excluding tert-OH is 1. The van der Waals surface area contributed by atoms with Gasteiger partial charge in [-0.15, -0.1) is 0 Å². The molecule has 0 aliphatic carbocycles. The Kier molecular flexibility index (Phi) is 52.0. The molecule has 0 aliphatic heterocycles. The van der Waals surface area contributed by atoms with E-state index in [1.807, 2.05) is 0 Å². The maximum Gasteiger partial charge on any atom is 0.306 e. The minimum Gasteiger partial charge on any atom is -0.457 e. The second-order valence-electron chi connectivity index (χ2n) is 18.7. The van der Waals surface area contributed by atoms with E-state index in [4.69, 9.17) is 9.47 Å². The van der Waals surface area contributed by atoms with Crippen LogP contribution >= 0.6 is 0 Å². The summed E-state index contributed by atoms with van der Waals surface area (Å²) in [5, 5.41) is 9.66. The monoisotopic (exact) mass is 821 g/mol. The zero-order valence-electron chi connectivity index (χ0n) is 40.1. The Morgan fingerprint density at radius 1 is 0.345 bits per heavy atom. The van der Waals surface area contributed by atoms with Crippen molar-refractivity contribution < 1.29 is 19.4 Å². The van der Waals surface area contributed by atoms with Gasteiger partial charge in [0.25, 0.3) is 0 Å². The van der Waals surface area contributed by atoms with Crippen LogP contribution in [-0.4, -0.2) is 37.0 Å². The Balaban J connectivity index is 3.31. The van der Waals surface area contributed by atoms with Crippen molar-refractivity contribution in [3.63, 3.8) is 0 Å². The Morgan fingerprint density at radius 2 is 0.569 bits per heavy atom. The van der Waals surface area contributed by atoms with Crippen molar-refractivity contribution in [2.45, 2.75) is 322 Å². The number of ether oxygens (including phenoxy) is 2. The molecule has 0 aliphatic rings. The summed E-state index contributed by atoms with van der Waals surface area (Å²) in [6.45, 7) is 5.43. The Bertz CT molecular complexity index is 741. The van der Waals surface area contributed by atoms with Gasteiger partial charge in [0.15, 0.2) is 0 Å². The molecule has 348 valence electrons. The summed E-state index contributed by atoms with van der Waals surface area (Å²) < 4.78 is 11.2. The standard InChI is InChI=1S/C54H108O4/c1-3-5-7-9-11-13-15-17-19-21-23-25-26-27-28-29-30-32-34-36-38-40-42-44-46-48-50-57-52-53(51-55)58-54(56)49-47-45-43-41-39-37-35-33-31-24-22-20-18-16-14-12-10-8-6-4-2/h53,55H,3-52H2,1-2H3. The number of esters is 1. The van der Waals surface area contributed by atoms with Crippen molar-refractivity contribution in [2.75, 3.05) is 19.8 Å². The van der Waals surface area contributed by atoms with Gasteiger partial charge in [-0.2, -0.15) is 0 Å². The first-order chi connectivity index (χ1) is 28.7. The van der Waals surface area contributed by atoms with Crippen LogP contribution in [0.4, 0.5) is 0 Å². The molecule has 0 aromatic rings. The molecule has 0 saturated heterocycles. The second-order valence-corrected chi connectivity index (χ2v) is 18.7. The summed E-state index contributed by atoms with van der Waals surface area (Å²) in [5.41, 5.74) is 0. The van der Waals surface area contributed by atoms with E-state index in [0.29, 0.717) is 19.6 Å². The van der Waals surface area contributed by atoms with Gasteiger partial charge in [0.2, 0.25) is 0 Å². The fraction of sp³-hybridized carbons (Fsp3) is 0.981. The van der Waals surface area contributed by atoms with Crippen molar-refractivity contribution in [1.82, 2.24) is 0 Å². The first kappa shape index (κ1) is 57.4. The lowest BCUT2D eigenvalue weighted by atomic mass is 10.0. The second kappa shape index (κ2) is 52.5. The van der Waals surface area contributed by atoms with Crippen LogP contribution in [0.15, 0.2) is 0 Å². The molecule has 0 spiro atoms. The van der Waals surface area contributed by atoms with Crippen molar-refractivity contribution in [3.8, 4) is 0 Å². The summed E-state index contributed by atoms with van der Waals surface area (Å²) >= 11 is 0. The van der Waals surface area contributed by atoms with Crippen molar-refractivity contribution in [2.24, 2.45) is 0 Å². The molecule has 0 aromatic heterocycles. The topological polar surface area (TPSA) is 55.8 Å². The molecule has 1 atom stereocenters. The highest BCUT2D eigenvalue weighted by atomic mass is 16.6. The number of hydrogen-bond acceptors (Lipinski definition) is 4. The summed E-state index contributed by atoms with van der Waals surface area (Å²) in [7, 11) is 0. The van der Waals surface area contributed by atoms with E-state index >= 15 is 0 Å². The van der Waals surface area contributed by atoms with E-state index in [1.165, 1.54) is 276 Å². The van der Waals surface area contributed by atoms with Crippen LogP contribution in [0.3, 0.4) is 0 Å². The predicted octanol–water partition coefficient (Wildman–Crippen LogP) is 18.3.